The number of para-hydroxylation sites is 1. The molecular formula is C30H27FN4O6S2. The van der Waals surface area contributed by atoms with E-state index in [9.17, 15) is 26.7 Å². The number of aromatic amines is 1. The zero-order chi connectivity index (χ0) is 30.2. The maximum atomic E-state index is 13.9. The van der Waals surface area contributed by atoms with Crippen molar-refractivity contribution < 1.29 is 31.4 Å². The van der Waals surface area contributed by atoms with Gasteiger partial charge in [-0.1, -0.05) is 48.5 Å². The Kier molecular flexibility index (Phi) is 7.66. The number of benzene rings is 4. The second kappa shape index (κ2) is 11.4. The summed E-state index contributed by atoms with van der Waals surface area (Å²) >= 11 is 0. The highest BCUT2D eigenvalue weighted by Crippen LogP contribution is 2.56. The van der Waals surface area contributed by atoms with E-state index in [2.05, 4.69) is 19.4 Å². The molecule has 13 heteroatoms. The molecule has 1 unspecified atom stereocenters. The molecule has 6 rings (SSSR count). The van der Waals surface area contributed by atoms with Crippen molar-refractivity contribution in [1.82, 2.24) is 19.4 Å². The molecule has 222 valence electrons. The van der Waals surface area contributed by atoms with E-state index in [1.807, 2.05) is 18.2 Å². The first-order valence-corrected chi connectivity index (χ1v) is 16.3. The van der Waals surface area contributed by atoms with Crippen molar-refractivity contribution in [2.75, 3.05) is 0 Å². The summed E-state index contributed by atoms with van der Waals surface area (Å²) in [5.41, 5.74) is 2.15. The van der Waals surface area contributed by atoms with E-state index >= 15 is 0 Å². The third-order valence-corrected chi connectivity index (χ3v) is 10.2. The molecule has 4 aromatic carbocycles. The number of nitrogens with one attached hydrogen (secondary N) is 3. The van der Waals surface area contributed by atoms with Gasteiger partial charge >= 0.3 is 0 Å². The van der Waals surface area contributed by atoms with Crippen LogP contribution in [0, 0.1) is 5.82 Å². The normalized spacial score (nSPS) is 17.8. The van der Waals surface area contributed by atoms with Crippen molar-refractivity contribution >= 4 is 37.7 Å². The van der Waals surface area contributed by atoms with Gasteiger partial charge in [0, 0.05) is 6.07 Å². The number of H-pyrrole nitrogens is 1. The Morgan fingerprint density at radius 1 is 0.977 bits per heavy atom. The molecule has 1 aliphatic heterocycles. The Labute approximate surface area is 248 Å². The van der Waals surface area contributed by atoms with Crippen molar-refractivity contribution in [3.05, 3.63) is 120 Å². The van der Waals surface area contributed by atoms with Gasteiger partial charge in [0.05, 0.1) is 28.4 Å². The maximum absolute atomic E-state index is 13.9. The number of aromatic nitrogens is 2. The first-order valence-electron chi connectivity index (χ1n) is 13.2. The second-order valence-electron chi connectivity index (χ2n) is 10.1. The van der Waals surface area contributed by atoms with Gasteiger partial charge in [-0.05, 0) is 60.0 Å². The monoisotopic (exact) mass is 622 g/mol. The number of halogens is 1. The van der Waals surface area contributed by atoms with Crippen LogP contribution in [0.1, 0.15) is 34.7 Å². The largest absolute Gasteiger partial charge is 0.457 e. The number of nitrogens with zero attached hydrogens (tertiary/aromatic N) is 1. The van der Waals surface area contributed by atoms with Crippen LogP contribution in [0.2, 0.25) is 0 Å². The fraction of sp³-hybridized carbons (Fsp3) is 0.133. The lowest BCUT2D eigenvalue weighted by molar-refractivity contribution is -0.118. The number of imidazole rings is 1. The number of ether oxygens (including phenoxy) is 1. The van der Waals surface area contributed by atoms with E-state index in [1.165, 1.54) is 30.3 Å². The van der Waals surface area contributed by atoms with E-state index in [4.69, 9.17) is 4.74 Å². The van der Waals surface area contributed by atoms with Gasteiger partial charge in [0.2, 0.25) is 15.9 Å². The summed E-state index contributed by atoms with van der Waals surface area (Å²) in [4.78, 5) is 19.3. The first-order chi connectivity index (χ1) is 20.6. The SMILES string of the molecule is O=C1CC(c2ccc(C[C@H](NS(=O)(=O)c3cccc(Oc4ccccc4)c3)c3nc4ccc(F)cc4[nH]3)cc2)S(O)(O)N1. The highest BCUT2D eigenvalue weighted by Gasteiger charge is 2.38. The summed E-state index contributed by atoms with van der Waals surface area (Å²) in [6, 6.07) is 25.1. The van der Waals surface area contributed by atoms with E-state index in [0.29, 0.717) is 33.7 Å². The Bertz CT molecular complexity index is 1900. The minimum Gasteiger partial charge on any atom is -0.457 e. The van der Waals surface area contributed by atoms with E-state index in [1.54, 1.807) is 48.5 Å². The molecule has 1 saturated heterocycles. The van der Waals surface area contributed by atoms with Crippen LogP contribution < -0.4 is 14.2 Å². The van der Waals surface area contributed by atoms with Gasteiger partial charge in [-0.25, -0.2) is 22.5 Å². The van der Waals surface area contributed by atoms with Crippen LogP contribution in [0.4, 0.5) is 4.39 Å². The molecule has 10 nitrogen and oxygen atoms in total. The predicted molar refractivity (Wildman–Crippen MR) is 161 cm³/mol. The minimum absolute atomic E-state index is 0.0213. The molecule has 1 amide bonds. The molecule has 1 aliphatic rings. The average Bonchev–Trinajstić information content (AvgIpc) is 3.52. The lowest BCUT2D eigenvalue weighted by Crippen LogP contribution is -2.31. The van der Waals surface area contributed by atoms with Gasteiger partial charge in [-0.2, -0.15) is 0 Å². The molecule has 2 heterocycles. The summed E-state index contributed by atoms with van der Waals surface area (Å²) in [6.07, 6.45) is 0.104. The van der Waals surface area contributed by atoms with Crippen LogP contribution in [0.3, 0.4) is 0 Å². The number of rotatable bonds is 9. The fourth-order valence-corrected chi connectivity index (χ4v) is 7.64. The molecule has 1 aromatic heterocycles. The lowest BCUT2D eigenvalue weighted by atomic mass is 10.0. The zero-order valence-electron chi connectivity index (χ0n) is 22.5. The van der Waals surface area contributed by atoms with Crippen molar-refractivity contribution in [3.8, 4) is 11.5 Å². The van der Waals surface area contributed by atoms with Crippen molar-refractivity contribution in [2.45, 2.75) is 29.0 Å². The van der Waals surface area contributed by atoms with Crippen LogP contribution in [-0.2, 0) is 21.2 Å². The van der Waals surface area contributed by atoms with Gasteiger partial charge in [0.15, 0.2) is 0 Å². The summed E-state index contributed by atoms with van der Waals surface area (Å²) in [5, 5.41) is -0.779. The highest BCUT2D eigenvalue weighted by molar-refractivity contribution is 8.23. The van der Waals surface area contributed by atoms with Crippen LogP contribution in [0.5, 0.6) is 11.5 Å². The molecule has 0 bridgehead atoms. The molecule has 2 atom stereocenters. The van der Waals surface area contributed by atoms with Crippen LogP contribution in [0.25, 0.3) is 11.0 Å². The number of amides is 1. The number of sulfonamides is 1. The van der Waals surface area contributed by atoms with Gasteiger partial charge in [0.25, 0.3) is 0 Å². The Morgan fingerprint density at radius 2 is 1.72 bits per heavy atom. The number of hydrogen-bond acceptors (Lipinski definition) is 7. The summed E-state index contributed by atoms with van der Waals surface area (Å²) in [5.74, 6) is 0.274. The maximum Gasteiger partial charge on any atom is 0.241 e. The summed E-state index contributed by atoms with van der Waals surface area (Å²) in [7, 11) is -7.42. The minimum atomic E-state index is -4.10. The summed E-state index contributed by atoms with van der Waals surface area (Å²) in [6.45, 7) is 0. The highest BCUT2D eigenvalue weighted by atomic mass is 32.3. The topological polar surface area (TPSA) is 154 Å². The zero-order valence-corrected chi connectivity index (χ0v) is 24.1. The Morgan fingerprint density at radius 3 is 2.44 bits per heavy atom. The summed E-state index contributed by atoms with van der Waals surface area (Å²) < 4.78 is 72.5. The van der Waals surface area contributed by atoms with Gasteiger partial charge < -0.3 is 9.72 Å². The van der Waals surface area contributed by atoms with Crippen molar-refractivity contribution in [2.24, 2.45) is 0 Å². The third kappa shape index (κ3) is 6.40. The molecule has 43 heavy (non-hydrogen) atoms. The molecular weight excluding hydrogens is 595 g/mol. The van der Waals surface area contributed by atoms with E-state index in [-0.39, 0.29) is 23.6 Å². The average molecular weight is 623 g/mol. The first kappa shape index (κ1) is 28.8. The second-order valence-corrected chi connectivity index (χ2v) is 13.8. The Balaban J connectivity index is 1.29. The predicted octanol–water partition coefficient (Wildman–Crippen LogP) is 5.98. The van der Waals surface area contributed by atoms with Gasteiger partial charge in [0.1, 0.15) is 28.4 Å². The molecule has 0 spiro atoms. The number of carbonyl (C=O) groups is 1. The third-order valence-electron chi connectivity index (χ3n) is 7.01. The number of carbonyl (C=O) groups excluding carboxylic acids is 1. The Hall–Kier alpha value is -4.27. The fourth-order valence-electron chi connectivity index (χ4n) is 4.92. The van der Waals surface area contributed by atoms with E-state index in [0.717, 1.165) is 0 Å². The molecule has 0 saturated carbocycles. The smallest absolute Gasteiger partial charge is 0.241 e. The molecule has 1 fully saturated rings. The van der Waals surface area contributed by atoms with Crippen molar-refractivity contribution in [1.29, 1.82) is 0 Å². The standard InChI is InChI=1S/C30H27FN4O6S2/c31-21-13-14-25-26(16-21)33-30(32-25)27(15-19-9-11-20(12-10-19)28-18-29(36)35-43(28,39)40)34-42(37,38)24-8-4-7-23(17-24)41-22-5-2-1-3-6-22/h1-14,16-17,27-28,34,39-40H,15,18H2,(H,32,33)(H,35,36)/t27-,28?/m0/s1. The van der Waals surface area contributed by atoms with Crippen LogP contribution in [-0.4, -0.2) is 33.4 Å². The van der Waals surface area contributed by atoms with Crippen LogP contribution >= 0.6 is 10.8 Å². The quantitative estimate of drug-likeness (QED) is 0.135. The molecule has 0 radical (unpaired) electrons. The van der Waals surface area contributed by atoms with Gasteiger partial charge in [-0.15, -0.1) is 10.8 Å². The molecule has 0 aliphatic carbocycles. The van der Waals surface area contributed by atoms with Gasteiger partial charge in [-0.3, -0.25) is 18.6 Å². The molecule has 5 N–H and O–H groups in total. The van der Waals surface area contributed by atoms with Crippen molar-refractivity contribution in [3.63, 3.8) is 0 Å². The number of fused-ring (bicyclic) bond motifs is 1. The van der Waals surface area contributed by atoms with E-state index < -0.39 is 43.8 Å². The number of hydrogen-bond donors (Lipinski definition) is 5. The lowest BCUT2D eigenvalue weighted by Gasteiger charge is -2.32. The molecule has 5 aromatic rings. The van der Waals surface area contributed by atoms with Crippen LogP contribution in [0.15, 0.2) is 102 Å².